The summed E-state index contributed by atoms with van der Waals surface area (Å²) < 4.78 is 17.1. The van der Waals surface area contributed by atoms with Gasteiger partial charge >= 0.3 is 0 Å². The Morgan fingerprint density at radius 2 is 1.83 bits per heavy atom. The van der Waals surface area contributed by atoms with Crippen LogP contribution in [0.1, 0.15) is 6.42 Å². The van der Waals surface area contributed by atoms with Crippen LogP contribution in [0.5, 0.6) is 17.2 Å². The summed E-state index contributed by atoms with van der Waals surface area (Å²) in [5.74, 6) is 0.485. The van der Waals surface area contributed by atoms with E-state index in [1.165, 1.54) is 32.7 Å². The number of carbonyl (C=O) groups is 2. The maximum absolute atomic E-state index is 12.8. The normalized spacial score (nSPS) is 16.0. The van der Waals surface area contributed by atoms with Crippen LogP contribution in [0.25, 0.3) is 10.2 Å². The molecule has 3 aromatic rings. The molecule has 1 atom stereocenters. The maximum atomic E-state index is 12.8. The van der Waals surface area contributed by atoms with Gasteiger partial charge in [-0.15, -0.1) is 0 Å². The van der Waals surface area contributed by atoms with E-state index in [-0.39, 0.29) is 24.8 Å². The number of para-hydroxylation sites is 1. The number of amides is 2. The fourth-order valence-electron chi connectivity index (χ4n) is 3.49. The van der Waals surface area contributed by atoms with Crippen molar-refractivity contribution in [3.8, 4) is 17.2 Å². The van der Waals surface area contributed by atoms with Crippen LogP contribution in [0.15, 0.2) is 36.4 Å². The number of nitrogens with one attached hydrogen (secondary N) is 1. The Labute approximate surface area is 177 Å². The summed E-state index contributed by atoms with van der Waals surface area (Å²) in [6.07, 6.45) is 0.118. The van der Waals surface area contributed by atoms with Gasteiger partial charge in [-0.3, -0.25) is 9.59 Å². The summed E-state index contributed by atoms with van der Waals surface area (Å²) in [6, 6.07) is 11.1. The van der Waals surface area contributed by atoms with Crippen LogP contribution >= 0.6 is 11.3 Å². The third kappa shape index (κ3) is 3.63. The monoisotopic (exact) mass is 427 g/mol. The minimum Gasteiger partial charge on any atom is -0.493 e. The lowest BCUT2D eigenvalue weighted by molar-refractivity contribution is -0.122. The van der Waals surface area contributed by atoms with Gasteiger partial charge in [0, 0.05) is 25.1 Å². The number of carbonyl (C=O) groups excluding carboxylic acids is 2. The molecule has 30 heavy (non-hydrogen) atoms. The number of methoxy groups -OCH3 is 3. The van der Waals surface area contributed by atoms with Crippen LogP contribution in [-0.4, -0.2) is 44.7 Å². The second-order valence-corrected chi connectivity index (χ2v) is 7.80. The first-order chi connectivity index (χ1) is 14.5. The average Bonchev–Trinajstić information content (AvgIpc) is 3.35. The highest BCUT2D eigenvalue weighted by atomic mass is 32.1. The van der Waals surface area contributed by atoms with Crippen molar-refractivity contribution in [3.05, 3.63) is 36.4 Å². The van der Waals surface area contributed by atoms with Crippen molar-refractivity contribution in [2.24, 2.45) is 5.92 Å². The molecule has 0 radical (unpaired) electrons. The third-order valence-electron chi connectivity index (χ3n) is 4.98. The first-order valence-corrected chi connectivity index (χ1v) is 10.1. The largest absolute Gasteiger partial charge is 0.493 e. The molecule has 156 valence electrons. The zero-order valence-corrected chi connectivity index (χ0v) is 17.6. The number of aromatic nitrogens is 1. The molecule has 1 fully saturated rings. The highest BCUT2D eigenvalue weighted by molar-refractivity contribution is 7.22. The van der Waals surface area contributed by atoms with Gasteiger partial charge in [-0.25, -0.2) is 4.98 Å². The average molecular weight is 427 g/mol. The number of fused-ring (bicyclic) bond motifs is 1. The molecule has 0 aliphatic carbocycles. The predicted molar refractivity (Wildman–Crippen MR) is 115 cm³/mol. The third-order valence-corrected chi connectivity index (χ3v) is 5.93. The van der Waals surface area contributed by atoms with Crippen LogP contribution in [0, 0.1) is 5.92 Å². The Morgan fingerprint density at radius 3 is 2.47 bits per heavy atom. The standard InChI is InChI=1S/C21H21N3O5S/c1-27-15-9-13(10-16(28-2)19(15)29-3)24-11-12(8-18(24)25)20(26)23-21-22-14-6-4-5-7-17(14)30-21/h4-7,9-10,12H,8,11H2,1-3H3,(H,22,23,26). The van der Waals surface area contributed by atoms with E-state index in [0.717, 1.165) is 10.2 Å². The number of benzene rings is 2. The summed E-state index contributed by atoms with van der Waals surface area (Å²) in [4.78, 5) is 31.4. The fraction of sp³-hybridized carbons (Fsp3) is 0.286. The van der Waals surface area contributed by atoms with Gasteiger partial charge in [-0.05, 0) is 12.1 Å². The molecule has 8 nitrogen and oxygen atoms in total. The Hall–Kier alpha value is -3.33. The number of thiazole rings is 1. The second-order valence-electron chi connectivity index (χ2n) is 6.76. The molecule has 2 aromatic carbocycles. The molecule has 9 heteroatoms. The summed E-state index contributed by atoms with van der Waals surface area (Å²) in [6.45, 7) is 0.258. The number of hydrogen-bond donors (Lipinski definition) is 1. The van der Waals surface area contributed by atoms with Crippen LogP contribution in [0.2, 0.25) is 0 Å². The number of anilines is 2. The molecule has 2 amide bonds. The van der Waals surface area contributed by atoms with Gasteiger partial charge in [0.2, 0.25) is 17.6 Å². The van der Waals surface area contributed by atoms with E-state index in [1.54, 1.807) is 17.0 Å². The van der Waals surface area contributed by atoms with E-state index in [0.29, 0.717) is 28.1 Å². The summed E-state index contributed by atoms with van der Waals surface area (Å²) in [7, 11) is 4.55. The highest BCUT2D eigenvalue weighted by Gasteiger charge is 2.36. The zero-order valence-electron chi connectivity index (χ0n) is 16.8. The molecule has 2 heterocycles. The van der Waals surface area contributed by atoms with Gasteiger partial charge in [0.15, 0.2) is 16.6 Å². The minimum absolute atomic E-state index is 0.118. The lowest BCUT2D eigenvalue weighted by Crippen LogP contribution is -2.28. The Kier molecular flexibility index (Phi) is 5.45. The molecular weight excluding hydrogens is 406 g/mol. The maximum Gasteiger partial charge on any atom is 0.231 e. The Bertz CT molecular complexity index is 1050. The van der Waals surface area contributed by atoms with Crippen molar-refractivity contribution < 1.29 is 23.8 Å². The van der Waals surface area contributed by atoms with E-state index in [1.807, 2.05) is 24.3 Å². The molecule has 0 bridgehead atoms. The summed E-state index contributed by atoms with van der Waals surface area (Å²) in [5.41, 5.74) is 1.42. The predicted octanol–water partition coefficient (Wildman–Crippen LogP) is 3.31. The van der Waals surface area contributed by atoms with E-state index in [9.17, 15) is 9.59 Å². The fourth-order valence-corrected chi connectivity index (χ4v) is 4.36. The van der Waals surface area contributed by atoms with Gasteiger partial charge in [0.25, 0.3) is 0 Å². The lowest BCUT2D eigenvalue weighted by Gasteiger charge is -2.20. The highest BCUT2D eigenvalue weighted by Crippen LogP contribution is 2.42. The van der Waals surface area contributed by atoms with Gasteiger partial charge in [0.05, 0.1) is 43.2 Å². The molecule has 1 saturated heterocycles. The summed E-state index contributed by atoms with van der Waals surface area (Å²) in [5, 5.41) is 3.38. The second kappa shape index (κ2) is 8.19. The number of nitrogens with zero attached hydrogens (tertiary/aromatic N) is 2. The lowest BCUT2D eigenvalue weighted by atomic mass is 10.1. The molecule has 0 saturated carbocycles. The van der Waals surface area contributed by atoms with E-state index < -0.39 is 5.92 Å². The number of rotatable bonds is 6. The van der Waals surface area contributed by atoms with Crippen molar-refractivity contribution in [1.82, 2.24) is 4.98 Å². The molecule has 1 unspecified atom stereocenters. The van der Waals surface area contributed by atoms with E-state index in [2.05, 4.69) is 10.3 Å². The topological polar surface area (TPSA) is 90.0 Å². The van der Waals surface area contributed by atoms with Crippen LogP contribution < -0.4 is 24.4 Å². The zero-order chi connectivity index (χ0) is 21.3. The minimum atomic E-state index is -0.483. The van der Waals surface area contributed by atoms with Crippen LogP contribution in [-0.2, 0) is 9.59 Å². The first kappa shape index (κ1) is 20.0. The van der Waals surface area contributed by atoms with Crippen molar-refractivity contribution in [1.29, 1.82) is 0 Å². The van der Waals surface area contributed by atoms with E-state index in [4.69, 9.17) is 14.2 Å². The van der Waals surface area contributed by atoms with Gasteiger partial charge in [0.1, 0.15) is 0 Å². The molecule has 4 rings (SSSR count). The molecule has 1 aromatic heterocycles. The molecule has 1 N–H and O–H groups in total. The number of ether oxygens (including phenoxy) is 3. The first-order valence-electron chi connectivity index (χ1n) is 9.31. The van der Waals surface area contributed by atoms with Gasteiger partial charge in [-0.1, -0.05) is 23.5 Å². The smallest absolute Gasteiger partial charge is 0.231 e. The molecule has 1 aliphatic rings. The van der Waals surface area contributed by atoms with Crippen LogP contribution in [0.4, 0.5) is 10.8 Å². The van der Waals surface area contributed by atoms with Crippen molar-refractivity contribution in [2.45, 2.75) is 6.42 Å². The SMILES string of the molecule is COc1cc(N2CC(C(=O)Nc3nc4ccccc4s3)CC2=O)cc(OC)c1OC. The quantitative estimate of drug-likeness (QED) is 0.649. The number of hydrogen-bond acceptors (Lipinski definition) is 7. The van der Waals surface area contributed by atoms with Crippen molar-refractivity contribution in [2.75, 3.05) is 38.1 Å². The van der Waals surface area contributed by atoms with Crippen molar-refractivity contribution in [3.63, 3.8) is 0 Å². The Balaban J connectivity index is 1.53. The van der Waals surface area contributed by atoms with Crippen molar-refractivity contribution >= 4 is 44.2 Å². The van der Waals surface area contributed by atoms with E-state index >= 15 is 0 Å². The van der Waals surface area contributed by atoms with Crippen LogP contribution in [0.3, 0.4) is 0 Å². The molecular formula is C21H21N3O5S. The van der Waals surface area contributed by atoms with Gasteiger partial charge in [-0.2, -0.15) is 0 Å². The summed E-state index contributed by atoms with van der Waals surface area (Å²) >= 11 is 1.41. The Morgan fingerprint density at radius 1 is 1.13 bits per heavy atom. The molecule has 0 spiro atoms. The molecule has 1 aliphatic heterocycles. The van der Waals surface area contributed by atoms with Gasteiger partial charge < -0.3 is 24.4 Å².